The third kappa shape index (κ3) is 48.5. The average molecular weight is 962 g/mol. The number of ether oxygens (including phenoxy) is 1. The number of nitrogens with one attached hydrogen (secondary N) is 1. The first-order valence-electron chi connectivity index (χ1n) is 27.6. The van der Waals surface area contributed by atoms with Gasteiger partial charge in [0.1, 0.15) is 19.3 Å². The number of hydrogen-bond donors (Lipinski definition) is 2. The number of amides is 1. The molecule has 0 saturated carbocycles. The lowest BCUT2D eigenvalue weighted by Gasteiger charge is -2.27. The number of allylic oxidation sites excluding steroid dienone is 9. The van der Waals surface area contributed by atoms with E-state index in [0.717, 1.165) is 64.2 Å². The lowest BCUT2D eigenvalue weighted by atomic mass is 10.0. The third-order valence-corrected chi connectivity index (χ3v) is 12.9. The fourth-order valence-electron chi connectivity index (χ4n) is 7.64. The molecular weight excluding hydrogens is 856 g/mol. The molecule has 2 N–H and O–H groups in total. The standard InChI is InChI=1S/C57H105N2O7P/c1-7-10-13-16-19-22-25-27-28-29-30-32-34-37-40-43-46-49-56(60)58-54(53-65-67(62,63)64-52-51-59(4,5)6)55(48-45-42-39-36-33-24-21-18-15-12-9-3)66-57(61)50-47-44-41-38-35-31-26-23-20-17-14-11-8-2/h19,22,27-28,30,32,37,40,45,48,54-55H,7-18,20-21,23-26,29,31,33-36,38-39,41-44,46-47,49-53H2,1-6H3,(H-,58,60,62,63)/p+1/b22-19-,28-27-,32-30-,40-37-,48-45+. The molecule has 0 aliphatic carbocycles. The number of rotatable bonds is 49. The Labute approximate surface area is 413 Å². The number of esters is 1. The smallest absolute Gasteiger partial charge is 0.456 e. The Balaban J connectivity index is 5.45. The molecule has 0 fully saturated rings. The molecule has 9 nitrogen and oxygen atoms in total. The van der Waals surface area contributed by atoms with Crippen molar-refractivity contribution >= 4 is 19.7 Å². The number of nitrogens with zero attached hydrogens (tertiary/aromatic N) is 1. The van der Waals surface area contributed by atoms with E-state index in [0.29, 0.717) is 17.4 Å². The van der Waals surface area contributed by atoms with Crippen molar-refractivity contribution in [3.05, 3.63) is 60.8 Å². The molecule has 0 aromatic rings. The highest BCUT2D eigenvalue weighted by molar-refractivity contribution is 7.47. The van der Waals surface area contributed by atoms with E-state index in [-0.39, 0.29) is 37.9 Å². The van der Waals surface area contributed by atoms with Gasteiger partial charge in [-0.25, -0.2) is 4.57 Å². The highest BCUT2D eigenvalue weighted by Crippen LogP contribution is 2.43. The number of likely N-dealkylation sites (N-methyl/N-ethyl adjacent to an activating group) is 1. The fourth-order valence-corrected chi connectivity index (χ4v) is 8.37. The molecular formula is C57H106N2O7P+. The van der Waals surface area contributed by atoms with Crippen LogP contribution in [0.3, 0.4) is 0 Å². The number of hydrogen-bond acceptors (Lipinski definition) is 6. The summed E-state index contributed by atoms with van der Waals surface area (Å²) < 4.78 is 30.5. The predicted molar refractivity (Wildman–Crippen MR) is 286 cm³/mol. The van der Waals surface area contributed by atoms with Gasteiger partial charge >= 0.3 is 13.8 Å². The molecule has 0 rings (SSSR count). The van der Waals surface area contributed by atoms with E-state index in [1.165, 1.54) is 135 Å². The summed E-state index contributed by atoms with van der Waals surface area (Å²) in [5.41, 5.74) is 0. The molecule has 0 radical (unpaired) electrons. The first-order chi connectivity index (χ1) is 32.4. The van der Waals surface area contributed by atoms with Gasteiger partial charge in [-0.1, -0.05) is 217 Å². The highest BCUT2D eigenvalue weighted by atomic mass is 31.2. The van der Waals surface area contributed by atoms with Crippen molar-refractivity contribution in [1.82, 2.24) is 5.32 Å². The van der Waals surface area contributed by atoms with Crippen molar-refractivity contribution in [2.75, 3.05) is 40.9 Å². The summed E-state index contributed by atoms with van der Waals surface area (Å²) in [5.74, 6) is -0.569. The lowest BCUT2D eigenvalue weighted by Crippen LogP contribution is -2.47. The molecule has 3 atom stereocenters. The molecule has 3 unspecified atom stereocenters. The maximum absolute atomic E-state index is 13.4. The number of unbranched alkanes of at least 4 members (excludes halogenated alkanes) is 25. The summed E-state index contributed by atoms with van der Waals surface area (Å²) >= 11 is 0. The van der Waals surface area contributed by atoms with E-state index < -0.39 is 20.0 Å². The van der Waals surface area contributed by atoms with Gasteiger partial charge in [-0.2, -0.15) is 0 Å². The monoisotopic (exact) mass is 962 g/mol. The number of quaternary nitrogens is 1. The number of carbonyl (C=O) groups excluding carboxylic acids is 2. The van der Waals surface area contributed by atoms with Crippen LogP contribution in [-0.2, 0) is 27.9 Å². The molecule has 390 valence electrons. The highest BCUT2D eigenvalue weighted by Gasteiger charge is 2.30. The molecule has 0 aromatic carbocycles. The van der Waals surface area contributed by atoms with E-state index >= 15 is 0 Å². The quantitative estimate of drug-likeness (QED) is 0.0205. The minimum absolute atomic E-state index is 0.0297. The van der Waals surface area contributed by atoms with Crippen molar-refractivity contribution in [1.29, 1.82) is 0 Å². The molecule has 0 aliphatic heterocycles. The second-order valence-electron chi connectivity index (χ2n) is 19.8. The summed E-state index contributed by atoms with van der Waals surface area (Å²) in [5, 5.41) is 3.01. The van der Waals surface area contributed by atoms with Gasteiger partial charge in [0, 0.05) is 12.8 Å². The Bertz CT molecular complexity index is 1340. The average Bonchev–Trinajstić information content (AvgIpc) is 3.28. The SMILES string of the molecule is CCCCC/C=C\C/C=C\C/C=C\C/C=C\CCCC(=O)NC(COP(=O)(O)OCC[N+](C)(C)C)C(/C=C/CCCCCCCCCCC)OC(=O)CCCCCCCCCCCCCCC. The van der Waals surface area contributed by atoms with Crippen LogP contribution in [0.25, 0.3) is 0 Å². The van der Waals surface area contributed by atoms with Gasteiger partial charge in [-0.15, -0.1) is 0 Å². The van der Waals surface area contributed by atoms with Crippen LogP contribution >= 0.6 is 7.82 Å². The van der Waals surface area contributed by atoms with Crippen molar-refractivity contribution in [3.63, 3.8) is 0 Å². The van der Waals surface area contributed by atoms with Crippen molar-refractivity contribution in [2.45, 2.75) is 251 Å². The minimum atomic E-state index is -4.45. The fraction of sp³-hybridized carbons (Fsp3) is 0.789. The van der Waals surface area contributed by atoms with Crippen LogP contribution in [0.1, 0.15) is 239 Å². The van der Waals surface area contributed by atoms with Gasteiger partial charge < -0.3 is 19.4 Å². The van der Waals surface area contributed by atoms with E-state index in [1.54, 1.807) is 0 Å². The number of phosphoric ester groups is 1. The summed E-state index contributed by atoms with van der Waals surface area (Å²) in [6.07, 6.45) is 57.9. The van der Waals surface area contributed by atoms with Gasteiger partial charge in [0.25, 0.3) is 0 Å². The first kappa shape index (κ1) is 64.7. The van der Waals surface area contributed by atoms with Crippen molar-refractivity contribution < 1.29 is 37.3 Å². The molecule has 0 saturated heterocycles. The predicted octanol–water partition coefficient (Wildman–Crippen LogP) is 16.3. The van der Waals surface area contributed by atoms with Gasteiger partial charge in [0.15, 0.2) is 0 Å². The summed E-state index contributed by atoms with van der Waals surface area (Å²) in [4.78, 5) is 37.4. The van der Waals surface area contributed by atoms with Gasteiger partial charge in [-0.05, 0) is 70.3 Å². The van der Waals surface area contributed by atoms with Crippen LogP contribution in [0.15, 0.2) is 60.8 Å². The maximum Gasteiger partial charge on any atom is 0.472 e. The van der Waals surface area contributed by atoms with Gasteiger partial charge in [0.2, 0.25) is 5.91 Å². The van der Waals surface area contributed by atoms with Crippen LogP contribution in [0.4, 0.5) is 0 Å². The molecule has 0 aliphatic rings. The Morgan fingerprint density at radius 1 is 0.522 bits per heavy atom. The molecule has 10 heteroatoms. The third-order valence-electron chi connectivity index (χ3n) is 12.0. The molecule has 0 spiro atoms. The van der Waals surface area contributed by atoms with Crippen molar-refractivity contribution in [2.24, 2.45) is 0 Å². The van der Waals surface area contributed by atoms with Crippen LogP contribution in [0, 0.1) is 0 Å². The molecule has 0 heterocycles. The topological polar surface area (TPSA) is 111 Å². The summed E-state index contributed by atoms with van der Waals surface area (Å²) in [7, 11) is 1.46. The van der Waals surface area contributed by atoms with Crippen LogP contribution in [0.5, 0.6) is 0 Å². The van der Waals surface area contributed by atoms with E-state index in [2.05, 4.69) is 74.7 Å². The minimum Gasteiger partial charge on any atom is -0.456 e. The second-order valence-corrected chi connectivity index (χ2v) is 21.2. The molecule has 0 bridgehead atoms. The molecule has 1 amide bonds. The number of phosphoric acid groups is 1. The molecule has 67 heavy (non-hydrogen) atoms. The molecule has 0 aromatic heterocycles. The largest absolute Gasteiger partial charge is 0.472 e. The van der Waals surface area contributed by atoms with Crippen LogP contribution < -0.4 is 5.32 Å². The van der Waals surface area contributed by atoms with Crippen molar-refractivity contribution in [3.8, 4) is 0 Å². The van der Waals surface area contributed by atoms with E-state index in [1.807, 2.05) is 33.3 Å². The number of carbonyl (C=O) groups is 2. The zero-order valence-electron chi connectivity index (χ0n) is 44.4. The summed E-state index contributed by atoms with van der Waals surface area (Å²) in [6, 6.07) is -0.874. The van der Waals surface area contributed by atoms with E-state index in [9.17, 15) is 19.0 Å². The summed E-state index contributed by atoms with van der Waals surface area (Å²) in [6.45, 7) is 6.93. The normalized spacial score (nSPS) is 14.3. The van der Waals surface area contributed by atoms with E-state index in [4.69, 9.17) is 13.8 Å². The van der Waals surface area contributed by atoms with Gasteiger partial charge in [0.05, 0.1) is 33.8 Å². The zero-order valence-corrected chi connectivity index (χ0v) is 45.3. The second kappa shape index (κ2) is 47.4. The maximum atomic E-state index is 13.4. The Morgan fingerprint density at radius 3 is 1.42 bits per heavy atom. The zero-order chi connectivity index (χ0) is 49.4. The van der Waals surface area contributed by atoms with Crippen LogP contribution in [-0.4, -0.2) is 74.3 Å². The Kier molecular flexibility index (Phi) is 45.8. The van der Waals surface area contributed by atoms with Crippen LogP contribution in [0.2, 0.25) is 0 Å². The first-order valence-corrected chi connectivity index (χ1v) is 29.1. The lowest BCUT2D eigenvalue weighted by molar-refractivity contribution is -0.870. The Morgan fingerprint density at radius 2 is 0.925 bits per heavy atom. The van der Waals surface area contributed by atoms with Gasteiger partial charge in [-0.3, -0.25) is 18.6 Å². The Hall–Kier alpha value is -2.29.